The van der Waals surface area contributed by atoms with Crippen molar-refractivity contribution in [2.75, 3.05) is 24.8 Å². The van der Waals surface area contributed by atoms with E-state index in [-0.39, 0.29) is 18.5 Å². The molecular formula is C27H32N2O5S. The number of benzene rings is 3. The van der Waals surface area contributed by atoms with E-state index in [0.29, 0.717) is 22.7 Å². The molecule has 0 unspecified atom stereocenters. The van der Waals surface area contributed by atoms with Crippen LogP contribution in [0.2, 0.25) is 0 Å². The van der Waals surface area contributed by atoms with Gasteiger partial charge in [-0.2, -0.15) is 0 Å². The quantitative estimate of drug-likeness (QED) is 0.461. The van der Waals surface area contributed by atoms with Crippen LogP contribution in [0.4, 0.5) is 5.69 Å². The molecule has 1 atom stereocenters. The second kappa shape index (κ2) is 10.8. The van der Waals surface area contributed by atoms with Gasteiger partial charge < -0.3 is 14.8 Å². The summed E-state index contributed by atoms with van der Waals surface area (Å²) in [4.78, 5) is 12.8. The average Bonchev–Trinajstić information content (AvgIpc) is 2.83. The molecule has 186 valence electrons. The monoisotopic (exact) mass is 496 g/mol. The molecule has 0 heterocycles. The van der Waals surface area contributed by atoms with Crippen LogP contribution in [-0.2, 0) is 16.6 Å². The second-order valence-electron chi connectivity index (χ2n) is 8.54. The summed E-state index contributed by atoms with van der Waals surface area (Å²) in [5.41, 5.74) is 4.87. The first-order valence-electron chi connectivity index (χ1n) is 11.2. The number of carbonyl (C=O) groups excluding carboxylic acids is 1. The molecule has 0 saturated carbocycles. The molecule has 0 saturated heterocycles. The third kappa shape index (κ3) is 6.33. The summed E-state index contributed by atoms with van der Waals surface area (Å²) in [7, 11) is -0.355. The van der Waals surface area contributed by atoms with Gasteiger partial charge >= 0.3 is 0 Å². The van der Waals surface area contributed by atoms with Crippen LogP contribution < -0.4 is 19.1 Å². The smallest absolute Gasteiger partial charge is 0.251 e. The molecule has 0 radical (unpaired) electrons. The molecule has 0 aliphatic rings. The van der Waals surface area contributed by atoms with Crippen molar-refractivity contribution < 1.29 is 22.7 Å². The molecule has 7 nitrogen and oxygen atoms in total. The van der Waals surface area contributed by atoms with Crippen molar-refractivity contribution in [1.82, 2.24) is 5.32 Å². The third-order valence-corrected chi connectivity index (χ3v) is 7.12. The molecule has 0 bridgehead atoms. The summed E-state index contributed by atoms with van der Waals surface area (Å²) in [6.07, 6.45) is 1.19. The number of anilines is 1. The minimum absolute atomic E-state index is 0.172. The van der Waals surface area contributed by atoms with Crippen molar-refractivity contribution in [3.8, 4) is 11.5 Å². The predicted octanol–water partition coefficient (Wildman–Crippen LogP) is 4.78. The number of nitrogens with one attached hydrogen (secondary N) is 1. The van der Waals surface area contributed by atoms with Crippen LogP contribution in [0.25, 0.3) is 0 Å². The third-order valence-electron chi connectivity index (χ3n) is 5.98. The highest BCUT2D eigenvalue weighted by molar-refractivity contribution is 7.92. The van der Waals surface area contributed by atoms with Gasteiger partial charge in [-0.3, -0.25) is 9.10 Å². The summed E-state index contributed by atoms with van der Waals surface area (Å²) in [5.74, 6) is 0.983. The molecule has 8 heteroatoms. The zero-order valence-electron chi connectivity index (χ0n) is 21.0. The predicted molar refractivity (Wildman–Crippen MR) is 139 cm³/mol. The average molecular weight is 497 g/mol. The lowest BCUT2D eigenvalue weighted by molar-refractivity contribution is 0.0940. The van der Waals surface area contributed by atoms with E-state index in [1.54, 1.807) is 50.6 Å². The molecule has 3 aromatic rings. The van der Waals surface area contributed by atoms with Gasteiger partial charge in [0.15, 0.2) is 11.5 Å². The fourth-order valence-corrected chi connectivity index (χ4v) is 4.57. The standard InChI is InChI=1S/C27H32N2O5S/c1-18-7-13-24(15-19(18)2)29(35(6,31)32)17-21-8-10-22(11-9-21)27(30)28-20(3)23-12-14-25(33-4)26(16-23)34-5/h7-16,20H,17H2,1-6H3,(H,28,30)/t20-/m0/s1. The molecule has 3 rings (SSSR count). The van der Waals surface area contributed by atoms with Gasteiger partial charge in [0.2, 0.25) is 10.0 Å². The van der Waals surface area contributed by atoms with Crippen LogP contribution in [0.5, 0.6) is 11.5 Å². The molecule has 3 aromatic carbocycles. The molecule has 1 N–H and O–H groups in total. The number of ether oxygens (including phenoxy) is 2. The van der Waals surface area contributed by atoms with E-state index in [9.17, 15) is 13.2 Å². The van der Waals surface area contributed by atoms with Gasteiger partial charge in [-0.1, -0.05) is 24.3 Å². The van der Waals surface area contributed by atoms with Gasteiger partial charge in [-0.05, 0) is 79.4 Å². The Labute approximate surface area is 207 Å². The number of hydrogen-bond donors (Lipinski definition) is 1. The van der Waals surface area contributed by atoms with E-state index in [2.05, 4.69) is 5.32 Å². The van der Waals surface area contributed by atoms with Gasteiger partial charge in [-0.15, -0.1) is 0 Å². The minimum atomic E-state index is -3.49. The Kier molecular flexibility index (Phi) is 8.07. The van der Waals surface area contributed by atoms with Crippen LogP contribution in [0, 0.1) is 13.8 Å². The highest BCUT2D eigenvalue weighted by Crippen LogP contribution is 2.30. The van der Waals surface area contributed by atoms with Crippen LogP contribution in [-0.4, -0.2) is 34.8 Å². The maximum Gasteiger partial charge on any atom is 0.251 e. The summed E-state index contributed by atoms with van der Waals surface area (Å²) < 4.78 is 37.0. The Hall–Kier alpha value is -3.52. The van der Waals surface area contributed by atoms with E-state index >= 15 is 0 Å². The molecule has 0 fully saturated rings. The zero-order chi connectivity index (χ0) is 25.8. The molecule has 0 aliphatic carbocycles. The van der Waals surface area contributed by atoms with Gasteiger partial charge in [0.1, 0.15) is 0 Å². The van der Waals surface area contributed by atoms with E-state index in [1.165, 1.54) is 10.6 Å². The van der Waals surface area contributed by atoms with E-state index < -0.39 is 10.0 Å². The van der Waals surface area contributed by atoms with Crippen LogP contribution >= 0.6 is 0 Å². The Morgan fingerprint density at radius 2 is 1.57 bits per heavy atom. The largest absolute Gasteiger partial charge is 0.493 e. The highest BCUT2D eigenvalue weighted by Gasteiger charge is 2.19. The van der Waals surface area contributed by atoms with Gasteiger partial charge in [0.05, 0.1) is 38.7 Å². The lowest BCUT2D eigenvalue weighted by atomic mass is 10.1. The summed E-state index contributed by atoms with van der Waals surface area (Å²) in [5, 5.41) is 2.98. The van der Waals surface area contributed by atoms with E-state index in [1.807, 2.05) is 45.0 Å². The fourth-order valence-electron chi connectivity index (χ4n) is 3.69. The molecule has 35 heavy (non-hydrogen) atoms. The normalized spacial score (nSPS) is 12.1. The molecule has 0 aromatic heterocycles. The van der Waals surface area contributed by atoms with E-state index in [0.717, 1.165) is 22.3 Å². The van der Waals surface area contributed by atoms with Crippen LogP contribution in [0.15, 0.2) is 60.7 Å². The maximum atomic E-state index is 12.8. The lowest BCUT2D eigenvalue weighted by Crippen LogP contribution is -2.29. The first-order valence-corrected chi connectivity index (χ1v) is 13.0. The fraction of sp³-hybridized carbons (Fsp3) is 0.296. The van der Waals surface area contributed by atoms with E-state index in [4.69, 9.17) is 9.47 Å². The summed E-state index contributed by atoms with van der Waals surface area (Å²) in [6.45, 7) is 6.00. The van der Waals surface area contributed by atoms with Gasteiger partial charge in [0, 0.05) is 5.56 Å². The Morgan fingerprint density at radius 1 is 0.914 bits per heavy atom. The molecular weight excluding hydrogens is 464 g/mol. The van der Waals surface area contributed by atoms with Crippen LogP contribution in [0.1, 0.15) is 45.6 Å². The van der Waals surface area contributed by atoms with Crippen molar-refractivity contribution in [1.29, 1.82) is 0 Å². The maximum absolute atomic E-state index is 12.8. The molecule has 0 aliphatic heterocycles. The number of nitrogens with zero attached hydrogens (tertiary/aromatic N) is 1. The Morgan fingerprint density at radius 3 is 2.14 bits per heavy atom. The molecule has 0 spiro atoms. The lowest BCUT2D eigenvalue weighted by Gasteiger charge is -2.23. The number of aryl methyl sites for hydroxylation is 2. The van der Waals surface area contributed by atoms with Crippen LogP contribution in [0.3, 0.4) is 0 Å². The Bertz CT molecular complexity index is 1300. The Balaban J connectivity index is 1.73. The number of sulfonamides is 1. The number of carbonyl (C=O) groups is 1. The second-order valence-corrected chi connectivity index (χ2v) is 10.5. The first kappa shape index (κ1) is 26.1. The van der Waals surface area contributed by atoms with Crippen molar-refractivity contribution in [2.45, 2.75) is 33.4 Å². The minimum Gasteiger partial charge on any atom is -0.493 e. The van der Waals surface area contributed by atoms with Crippen molar-refractivity contribution in [3.63, 3.8) is 0 Å². The van der Waals surface area contributed by atoms with Crippen molar-refractivity contribution in [3.05, 3.63) is 88.5 Å². The number of rotatable bonds is 9. The summed E-state index contributed by atoms with van der Waals surface area (Å²) in [6, 6.07) is 17.8. The van der Waals surface area contributed by atoms with Crippen molar-refractivity contribution >= 4 is 21.6 Å². The topological polar surface area (TPSA) is 84.9 Å². The van der Waals surface area contributed by atoms with Gasteiger partial charge in [-0.25, -0.2) is 8.42 Å². The molecule has 1 amide bonds. The SMILES string of the molecule is COc1ccc([C@H](C)NC(=O)c2ccc(CN(c3ccc(C)c(C)c3)S(C)(=O)=O)cc2)cc1OC. The zero-order valence-corrected chi connectivity index (χ0v) is 21.8. The first-order chi connectivity index (χ1) is 16.5. The number of hydrogen-bond acceptors (Lipinski definition) is 5. The highest BCUT2D eigenvalue weighted by atomic mass is 32.2. The summed E-state index contributed by atoms with van der Waals surface area (Å²) >= 11 is 0. The van der Waals surface area contributed by atoms with Gasteiger partial charge in [0.25, 0.3) is 5.91 Å². The number of methoxy groups -OCH3 is 2. The van der Waals surface area contributed by atoms with Crippen molar-refractivity contribution in [2.24, 2.45) is 0 Å². The number of amides is 1.